The molecular weight excluding hydrogens is 803 g/mol. The van der Waals surface area contributed by atoms with Crippen LogP contribution in [0.2, 0.25) is 0 Å². The van der Waals surface area contributed by atoms with Gasteiger partial charge in [0.1, 0.15) is 17.8 Å². The van der Waals surface area contributed by atoms with Gasteiger partial charge in [-0.25, -0.2) is 4.79 Å². The first kappa shape index (κ1) is 51.4. The molecule has 5 heterocycles. The molecule has 358 valence electrons. The zero-order chi connectivity index (χ0) is 45.7. The van der Waals surface area contributed by atoms with Gasteiger partial charge in [-0.1, -0.05) is 46.8 Å². The third-order valence-electron chi connectivity index (χ3n) is 14.6. The Morgan fingerprint density at radius 1 is 0.887 bits per heavy atom. The minimum absolute atomic E-state index is 0.0463. The summed E-state index contributed by atoms with van der Waals surface area (Å²) in [5, 5.41) is 79.5. The number of fused-ring (bicyclic) bond motifs is 3. The van der Waals surface area contributed by atoms with Crippen molar-refractivity contribution in [3.8, 4) is 0 Å². The van der Waals surface area contributed by atoms with Crippen LogP contribution in [0.25, 0.3) is 0 Å². The van der Waals surface area contributed by atoms with E-state index in [0.717, 1.165) is 25.0 Å². The molecule has 5 rings (SSSR count). The second-order valence-electron chi connectivity index (χ2n) is 20.0. The van der Waals surface area contributed by atoms with Crippen molar-refractivity contribution >= 4 is 5.97 Å². The first-order chi connectivity index (χ1) is 29.1. The minimum atomic E-state index is -2.04. The predicted octanol–water partition coefficient (Wildman–Crippen LogP) is 3.71. The highest BCUT2D eigenvalue weighted by molar-refractivity contribution is 5.82. The molecule has 5 aliphatic rings. The fraction of sp³-hybridized carbons (Fsp3) is 0.894. The second-order valence-corrected chi connectivity index (χ2v) is 20.0. The molecular formula is C47H81NO14. The number of carbonyl (C=O) groups excluding carboxylic acids is 1. The second kappa shape index (κ2) is 22.3. The number of rotatable bonds is 6. The number of hydrogen-bond acceptors (Lipinski definition) is 15. The molecule has 62 heavy (non-hydrogen) atoms. The number of ether oxygens (including phenoxy) is 6. The lowest BCUT2D eigenvalue weighted by Gasteiger charge is -2.51. The van der Waals surface area contributed by atoms with Gasteiger partial charge in [-0.2, -0.15) is 0 Å². The van der Waals surface area contributed by atoms with Crippen molar-refractivity contribution in [3.05, 3.63) is 24.3 Å². The topological polar surface area (TPSA) is 217 Å². The molecule has 5 aliphatic heterocycles. The molecule has 2 bridgehead atoms. The van der Waals surface area contributed by atoms with Crippen molar-refractivity contribution in [2.75, 3.05) is 14.1 Å². The third-order valence-corrected chi connectivity index (χ3v) is 14.6. The lowest BCUT2D eigenvalue weighted by molar-refractivity contribution is -0.345. The normalized spacial score (nSPS) is 48.6. The Morgan fingerprint density at radius 2 is 1.61 bits per heavy atom. The van der Waals surface area contributed by atoms with Gasteiger partial charge in [-0.15, -0.1) is 0 Å². The number of nitrogens with zero attached hydrogens (tertiary/aromatic N) is 1. The Labute approximate surface area is 369 Å². The largest absolute Gasteiger partial charge is 0.459 e. The quantitative estimate of drug-likeness (QED) is 0.150. The summed E-state index contributed by atoms with van der Waals surface area (Å²) in [5.41, 5.74) is -2.04. The fourth-order valence-electron chi connectivity index (χ4n) is 10.5. The molecule has 0 aliphatic carbocycles. The Morgan fingerprint density at radius 3 is 2.29 bits per heavy atom. The summed E-state index contributed by atoms with van der Waals surface area (Å²) in [5.74, 6) is -3.76. The Hall–Kier alpha value is -1.57. The predicted molar refractivity (Wildman–Crippen MR) is 230 cm³/mol. The van der Waals surface area contributed by atoms with E-state index in [0.29, 0.717) is 51.4 Å². The van der Waals surface area contributed by atoms with Gasteiger partial charge >= 0.3 is 5.97 Å². The molecule has 4 fully saturated rings. The Kier molecular flexibility index (Phi) is 18.5. The minimum Gasteiger partial charge on any atom is -0.459 e. The van der Waals surface area contributed by atoms with Crippen LogP contribution in [0.4, 0.5) is 0 Å². The van der Waals surface area contributed by atoms with E-state index < -0.39 is 96.9 Å². The maximum absolute atomic E-state index is 13.7. The van der Waals surface area contributed by atoms with E-state index >= 15 is 0 Å². The van der Waals surface area contributed by atoms with Crippen LogP contribution in [0.15, 0.2) is 24.3 Å². The van der Waals surface area contributed by atoms with E-state index in [-0.39, 0.29) is 48.7 Å². The number of carbonyl (C=O) groups is 1. The van der Waals surface area contributed by atoms with Crippen LogP contribution in [0, 0.1) is 29.6 Å². The summed E-state index contributed by atoms with van der Waals surface area (Å²) in [6, 6.07) is -0.294. The lowest BCUT2D eigenvalue weighted by Crippen LogP contribution is -2.57. The molecule has 1 unspecified atom stereocenters. The lowest BCUT2D eigenvalue weighted by atomic mass is 9.79. The summed E-state index contributed by atoms with van der Waals surface area (Å²) in [6.45, 7) is 12.4. The molecule has 0 radical (unpaired) electrons. The molecule has 0 aromatic carbocycles. The monoisotopic (exact) mass is 884 g/mol. The summed E-state index contributed by atoms with van der Waals surface area (Å²) in [4.78, 5) is 15.6. The molecule has 4 saturated heterocycles. The zero-order valence-corrected chi connectivity index (χ0v) is 38.7. The Balaban J connectivity index is 1.44. The van der Waals surface area contributed by atoms with Crippen molar-refractivity contribution in [3.63, 3.8) is 0 Å². The van der Waals surface area contributed by atoms with Crippen molar-refractivity contribution in [2.24, 2.45) is 29.6 Å². The highest BCUT2D eigenvalue weighted by Crippen LogP contribution is 2.46. The summed E-state index contributed by atoms with van der Waals surface area (Å²) in [7, 11) is 3.70. The molecule has 7 N–H and O–H groups in total. The zero-order valence-electron chi connectivity index (χ0n) is 38.7. The average molecular weight is 884 g/mol. The molecule has 0 saturated carbocycles. The van der Waals surface area contributed by atoms with E-state index in [1.807, 2.05) is 53.6 Å². The van der Waals surface area contributed by atoms with Crippen molar-refractivity contribution in [1.29, 1.82) is 0 Å². The maximum Gasteiger partial charge on any atom is 0.330 e. The number of hydrogen-bond donors (Lipinski definition) is 7. The highest BCUT2D eigenvalue weighted by Gasteiger charge is 2.52. The standard InChI is InChI=1S/C47H81NO14/c1-10-32(49)22-33-17-14-19-47(61-33)25-37-28(4)35(62-47)24-36-31(21-27(3)45(55)59-36)16-13-11-12-15-26(2)41(52)43(60-39-23-34(50)40(48(8)9)30(6)57-39)42(53)29(5)44(54)46(7,56)20-18-38(51)58-37/h13,16,18,20,26-37,39-45,49-50,52-56H,10-12,14-15,17,19,21-25H2,1-9H3/b16-13+,20-18+/t26-,27-,28+,29+,30-,31+,32+,33+,34-,35-,36-,37-,39-,40+,41+,42+,43+,44-,45?,46+,47+/m0/s1. The number of aliphatic hydroxyl groups is 7. The van der Waals surface area contributed by atoms with E-state index in [9.17, 15) is 40.5 Å². The van der Waals surface area contributed by atoms with Crippen molar-refractivity contribution in [1.82, 2.24) is 4.90 Å². The van der Waals surface area contributed by atoms with Crippen LogP contribution >= 0.6 is 0 Å². The van der Waals surface area contributed by atoms with E-state index in [1.54, 1.807) is 0 Å². The molecule has 0 aromatic heterocycles. The summed E-state index contributed by atoms with van der Waals surface area (Å²) in [6.07, 6.45) is 1.91. The maximum atomic E-state index is 13.7. The Bertz CT molecular complexity index is 1450. The van der Waals surface area contributed by atoms with Gasteiger partial charge in [0.15, 0.2) is 18.4 Å². The van der Waals surface area contributed by atoms with Crippen LogP contribution in [0.1, 0.15) is 126 Å². The highest BCUT2D eigenvalue weighted by atomic mass is 16.7. The average Bonchev–Trinajstić information content (AvgIpc) is 3.20. The number of aliphatic hydroxyl groups excluding tert-OH is 6. The molecule has 15 nitrogen and oxygen atoms in total. The van der Waals surface area contributed by atoms with Gasteiger partial charge in [0.25, 0.3) is 0 Å². The number of likely N-dealkylation sites (N-methyl/N-ethyl adjacent to an activating group) is 1. The summed E-state index contributed by atoms with van der Waals surface area (Å²) >= 11 is 0. The SMILES string of the molecule is CC[C@@H](O)C[C@H]1CCC[C@@]2(C[C@@H]3OC(=O)/C=C/[C@@](C)(O)[C@@H](O)[C@H](C)[C@@H](O)[C@H](O[C@H]4C[C@H](O)[C@H](N(C)C)[C@H](C)O4)[C@H](O)[C@@H](C)CCC/C=C/[C@@H]4C[C@H](C)C(O)O[C@H]4C[C@H](O2)[C@H]3C)O1. The smallest absolute Gasteiger partial charge is 0.330 e. The summed E-state index contributed by atoms with van der Waals surface area (Å²) < 4.78 is 38.5. The fourth-order valence-corrected chi connectivity index (χ4v) is 10.5. The van der Waals surface area contributed by atoms with Gasteiger partial charge in [0, 0.05) is 55.4 Å². The van der Waals surface area contributed by atoms with Crippen LogP contribution < -0.4 is 0 Å². The molecule has 15 heteroatoms. The molecule has 21 atom stereocenters. The van der Waals surface area contributed by atoms with Gasteiger partial charge in [-0.05, 0) is 91.3 Å². The van der Waals surface area contributed by atoms with Crippen molar-refractivity contribution < 1.29 is 69.0 Å². The number of allylic oxidation sites excluding steroid dienone is 1. The first-order valence-corrected chi connectivity index (χ1v) is 23.5. The van der Waals surface area contributed by atoms with Crippen LogP contribution in [0.3, 0.4) is 0 Å². The molecule has 0 aromatic rings. The van der Waals surface area contributed by atoms with E-state index in [1.165, 1.54) is 13.8 Å². The van der Waals surface area contributed by atoms with Gasteiger partial charge in [0.2, 0.25) is 0 Å². The first-order valence-electron chi connectivity index (χ1n) is 23.5. The molecule has 0 amide bonds. The van der Waals surface area contributed by atoms with Crippen LogP contribution in [-0.4, -0.2) is 158 Å². The van der Waals surface area contributed by atoms with Crippen molar-refractivity contribution in [2.45, 2.75) is 223 Å². The van der Waals surface area contributed by atoms with Gasteiger partial charge < -0.3 is 69.1 Å². The van der Waals surface area contributed by atoms with E-state index in [4.69, 9.17) is 28.4 Å². The van der Waals surface area contributed by atoms with Gasteiger partial charge in [-0.3, -0.25) is 0 Å². The third kappa shape index (κ3) is 12.9. The molecule has 1 spiro atoms. The van der Waals surface area contributed by atoms with Gasteiger partial charge in [0.05, 0.1) is 61.0 Å². The van der Waals surface area contributed by atoms with Crippen LogP contribution in [0.5, 0.6) is 0 Å². The van der Waals surface area contributed by atoms with Crippen LogP contribution in [-0.2, 0) is 33.2 Å². The van der Waals surface area contributed by atoms with E-state index in [2.05, 4.69) is 12.2 Å². The number of esters is 1.